The summed E-state index contributed by atoms with van der Waals surface area (Å²) in [6.07, 6.45) is 2.37. The summed E-state index contributed by atoms with van der Waals surface area (Å²) in [6, 6.07) is 5.82. The molecular formula is C18H21N5O3S2. The van der Waals surface area contributed by atoms with E-state index in [1.165, 1.54) is 0 Å². The third-order valence-corrected chi connectivity index (χ3v) is 6.36. The number of thiazole rings is 1. The Labute approximate surface area is 171 Å². The molecule has 148 valence electrons. The molecule has 3 heterocycles. The van der Waals surface area contributed by atoms with Crippen molar-refractivity contribution in [3.05, 3.63) is 29.3 Å². The Kier molecular flexibility index (Phi) is 6.08. The molecule has 0 spiro atoms. The first kappa shape index (κ1) is 19.2. The van der Waals surface area contributed by atoms with E-state index in [-0.39, 0.29) is 6.10 Å². The second-order valence-electron chi connectivity index (χ2n) is 6.28. The number of ether oxygens (including phenoxy) is 3. The molecule has 1 aliphatic rings. The average Bonchev–Trinajstić information content (AvgIpc) is 3.48. The van der Waals surface area contributed by atoms with E-state index in [9.17, 15) is 0 Å². The highest BCUT2D eigenvalue weighted by Gasteiger charge is 2.19. The molecule has 2 aromatic heterocycles. The van der Waals surface area contributed by atoms with Crippen molar-refractivity contribution in [1.82, 2.24) is 25.2 Å². The number of methoxy groups -OCH3 is 2. The molecule has 0 radical (unpaired) electrons. The summed E-state index contributed by atoms with van der Waals surface area (Å²) < 4.78 is 18.2. The van der Waals surface area contributed by atoms with Crippen LogP contribution in [-0.4, -0.2) is 52.1 Å². The van der Waals surface area contributed by atoms with Crippen LogP contribution >= 0.6 is 23.1 Å². The van der Waals surface area contributed by atoms with Crippen molar-refractivity contribution >= 4 is 23.1 Å². The second kappa shape index (κ2) is 8.89. The van der Waals surface area contributed by atoms with Gasteiger partial charge in [-0.3, -0.25) is 0 Å². The first-order valence-corrected chi connectivity index (χ1v) is 10.8. The molecule has 10 heteroatoms. The van der Waals surface area contributed by atoms with Gasteiger partial charge >= 0.3 is 0 Å². The third-order valence-electron chi connectivity index (χ3n) is 4.43. The Balaban J connectivity index is 1.41. The zero-order valence-electron chi connectivity index (χ0n) is 15.7. The summed E-state index contributed by atoms with van der Waals surface area (Å²) in [5, 5.41) is 15.8. The van der Waals surface area contributed by atoms with E-state index < -0.39 is 0 Å². The lowest BCUT2D eigenvalue weighted by Crippen LogP contribution is -2.16. The quantitative estimate of drug-likeness (QED) is 0.514. The molecule has 1 aromatic carbocycles. The molecule has 8 nitrogen and oxygen atoms in total. The van der Waals surface area contributed by atoms with Gasteiger partial charge in [0.15, 0.2) is 11.5 Å². The van der Waals surface area contributed by atoms with Crippen LogP contribution in [0.1, 0.15) is 18.5 Å². The first-order valence-electron chi connectivity index (χ1n) is 8.94. The van der Waals surface area contributed by atoms with Gasteiger partial charge in [-0.1, -0.05) is 11.8 Å². The molecule has 4 rings (SSSR count). The minimum atomic E-state index is 0.207. The van der Waals surface area contributed by atoms with Gasteiger partial charge in [0.1, 0.15) is 5.01 Å². The SMILES string of the molecule is COc1ccc(-c2nc(CSc3nnnn3CC3CCCO3)cs2)cc1OC. The maximum Gasteiger partial charge on any atom is 0.209 e. The van der Waals surface area contributed by atoms with Gasteiger partial charge in [0.05, 0.1) is 32.6 Å². The fraction of sp³-hybridized carbons (Fsp3) is 0.444. The molecule has 0 amide bonds. The van der Waals surface area contributed by atoms with Crippen LogP contribution in [0.25, 0.3) is 10.6 Å². The lowest BCUT2D eigenvalue weighted by atomic mass is 10.2. The number of tetrazole rings is 1. The Morgan fingerprint density at radius 1 is 1.29 bits per heavy atom. The van der Waals surface area contributed by atoms with Crippen molar-refractivity contribution < 1.29 is 14.2 Å². The molecule has 0 N–H and O–H groups in total. The fourth-order valence-corrected chi connectivity index (χ4v) is 4.71. The summed E-state index contributed by atoms with van der Waals surface area (Å²) in [5.41, 5.74) is 1.99. The molecule has 0 saturated carbocycles. The monoisotopic (exact) mass is 419 g/mol. The van der Waals surface area contributed by atoms with Gasteiger partial charge in [-0.25, -0.2) is 9.67 Å². The van der Waals surface area contributed by atoms with Crippen molar-refractivity contribution in [3.63, 3.8) is 0 Å². The van der Waals surface area contributed by atoms with Crippen LogP contribution in [0.15, 0.2) is 28.7 Å². The highest BCUT2D eigenvalue weighted by atomic mass is 32.2. The van der Waals surface area contributed by atoms with E-state index in [0.717, 1.165) is 40.9 Å². The van der Waals surface area contributed by atoms with Crippen LogP contribution in [0, 0.1) is 0 Å². The van der Waals surface area contributed by atoms with Crippen molar-refractivity contribution in [1.29, 1.82) is 0 Å². The Morgan fingerprint density at radius 3 is 2.96 bits per heavy atom. The number of hydrogen-bond donors (Lipinski definition) is 0. The smallest absolute Gasteiger partial charge is 0.209 e. The van der Waals surface area contributed by atoms with E-state index in [1.54, 1.807) is 37.3 Å². The van der Waals surface area contributed by atoms with Gasteiger partial charge in [-0.05, 0) is 41.5 Å². The largest absolute Gasteiger partial charge is 0.493 e. The molecule has 28 heavy (non-hydrogen) atoms. The molecule has 1 saturated heterocycles. The highest BCUT2D eigenvalue weighted by molar-refractivity contribution is 7.98. The summed E-state index contributed by atoms with van der Waals surface area (Å²) in [5.74, 6) is 2.10. The lowest BCUT2D eigenvalue weighted by molar-refractivity contribution is 0.0912. The number of nitrogens with zero attached hydrogens (tertiary/aromatic N) is 5. The minimum Gasteiger partial charge on any atom is -0.493 e. The van der Waals surface area contributed by atoms with E-state index in [4.69, 9.17) is 19.2 Å². The predicted molar refractivity (Wildman–Crippen MR) is 107 cm³/mol. The van der Waals surface area contributed by atoms with Crippen LogP contribution in [0.2, 0.25) is 0 Å². The Hall–Kier alpha value is -2.17. The number of aromatic nitrogens is 5. The number of hydrogen-bond acceptors (Lipinski definition) is 9. The molecule has 0 bridgehead atoms. The average molecular weight is 420 g/mol. The van der Waals surface area contributed by atoms with Crippen molar-refractivity contribution in [2.45, 2.75) is 36.4 Å². The lowest BCUT2D eigenvalue weighted by Gasteiger charge is -2.09. The number of rotatable bonds is 8. The van der Waals surface area contributed by atoms with Crippen molar-refractivity contribution in [3.8, 4) is 22.1 Å². The van der Waals surface area contributed by atoms with Crippen LogP contribution in [0.4, 0.5) is 0 Å². The number of benzene rings is 1. The standard InChI is InChI=1S/C18H21N5O3S2/c1-24-15-6-5-12(8-16(15)25-2)17-19-13(10-27-17)11-28-18-20-21-22-23(18)9-14-4-3-7-26-14/h5-6,8,10,14H,3-4,7,9,11H2,1-2H3. The second-order valence-corrected chi connectivity index (χ2v) is 8.08. The summed E-state index contributed by atoms with van der Waals surface area (Å²) in [4.78, 5) is 4.74. The van der Waals surface area contributed by atoms with Gasteiger partial charge in [-0.15, -0.1) is 16.4 Å². The Bertz CT molecular complexity index is 924. The third kappa shape index (κ3) is 4.29. The topological polar surface area (TPSA) is 84.2 Å². The zero-order valence-corrected chi connectivity index (χ0v) is 17.3. The van der Waals surface area contributed by atoms with Gasteiger partial charge in [0.25, 0.3) is 0 Å². The molecule has 1 atom stereocenters. The van der Waals surface area contributed by atoms with Crippen LogP contribution < -0.4 is 9.47 Å². The summed E-state index contributed by atoms with van der Waals surface area (Å²) >= 11 is 3.19. The van der Waals surface area contributed by atoms with E-state index in [2.05, 4.69) is 20.9 Å². The number of thioether (sulfide) groups is 1. The van der Waals surface area contributed by atoms with Crippen LogP contribution in [0.5, 0.6) is 11.5 Å². The zero-order chi connectivity index (χ0) is 19.3. The summed E-state index contributed by atoms with van der Waals surface area (Å²) in [6.45, 7) is 1.52. The predicted octanol–water partition coefficient (Wildman–Crippen LogP) is 3.29. The molecule has 1 aliphatic heterocycles. The summed E-state index contributed by atoms with van der Waals surface area (Å²) in [7, 11) is 3.26. The fourth-order valence-electron chi connectivity index (χ4n) is 3.01. The molecule has 3 aromatic rings. The molecule has 1 unspecified atom stereocenters. The van der Waals surface area contributed by atoms with E-state index in [0.29, 0.717) is 23.8 Å². The van der Waals surface area contributed by atoms with Gasteiger partial charge in [0.2, 0.25) is 5.16 Å². The van der Waals surface area contributed by atoms with Crippen molar-refractivity contribution in [2.24, 2.45) is 0 Å². The first-order chi connectivity index (χ1) is 13.8. The van der Waals surface area contributed by atoms with Gasteiger partial charge in [-0.2, -0.15) is 0 Å². The van der Waals surface area contributed by atoms with Crippen LogP contribution in [0.3, 0.4) is 0 Å². The van der Waals surface area contributed by atoms with E-state index in [1.807, 2.05) is 22.9 Å². The van der Waals surface area contributed by atoms with E-state index >= 15 is 0 Å². The van der Waals surface area contributed by atoms with Crippen LogP contribution in [-0.2, 0) is 17.0 Å². The maximum absolute atomic E-state index is 5.68. The molecule has 1 fully saturated rings. The van der Waals surface area contributed by atoms with Gasteiger partial charge in [0, 0.05) is 23.3 Å². The van der Waals surface area contributed by atoms with Crippen molar-refractivity contribution in [2.75, 3.05) is 20.8 Å². The molecule has 0 aliphatic carbocycles. The highest BCUT2D eigenvalue weighted by Crippen LogP contribution is 2.34. The normalized spacial score (nSPS) is 16.4. The molecular weight excluding hydrogens is 398 g/mol. The maximum atomic E-state index is 5.68. The minimum absolute atomic E-state index is 0.207. The Morgan fingerprint density at radius 2 is 2.18 bits per heavy atom. The van der Waals surface area contributed by atoms with Gasteiger partial charge < -0.3 is 14.2 Å².